The second kappa shape index (κ2) is 9.77. The highest BCUT2D eigenvalue weighted by Gasteiger charge is 2.11. The van der Waals surface area contributed by atoms with Gasteiger partial charge in [0.05, 0.1) is 12.7 Å². The maximum Gasteiger partial charge on any atom is 0.337 e. The quantitative estimate of drug-likeness (QED) is 0.409. The van der Waals surface area contributed by atoms with Crippen LogP contribution in [0.3, 0.4) is 0 Å². The van der Waals surface area contributed by atoms with Crippen LogP contribution in [0, 0.1) is 0 Å². The van der Waals surface area contributed by atoms with E-state index in [1.165, 1.54) is 19.3 Å². The summed E-state index contributed by atoms with van der Waals surface area (Å²) in [6.45, 7) is 9.04. The number of carbonyl (C=O) groups excluding carboxylic acids is 1. The van der Waals surface area contributed by atoms with E-state index in [1.807, 2.05) is 0 Å². The third-order valence-corrected chi connectivity index (χ3v) is 3.09. The van der Waals surface area contributed by atoms with E-state index in [4.69, 9.17) is 14.6 Å². The molecule has 0 aliphatic heterocycles. The molecule has 2 N–H and O–H groups in total. The summed E-state index contributed by atoms with van der Waals surface area (Å²) < 4.78 is 10.7. The van der Waals surface area contributed by atoms with Crippen molar-refractivity contribution in [1.29, 1.82) is 0 Å². The molecule has 6 nitrogen and oxygen atoms in total. The van der Waals surface area contributed by atoms with Crippen molar-refractivity contribution in [1.82, 2.24) is 5.32 Å². The molecule has 0 radical (unpaired) electrons. The number of nitrogens with one attached hydrogen (secondary N) is 1. The highest BCUT2D eigenvalue weighted by molar-refractivity contribution is 5.97. The molecule has 0 heterocycles. The van der Waals surface area contributed by atoms with E-state index in [1.54, 1.807) is 37.3 Å². The topological polar surface area (TPSA) is 84.9 Å². The first-order valence-corrected chi connectivity index (χ1v) is 7.42. The van der Waals surface area contributed by atoms with Crippen molar-refractivity contribution < 1.29 is 24.2 Å². The van der Waals surface area contributed by atoms with Crippen molar-refractivity contribution in [3.05, 3.63) is 66.4 Å². The summed E-state index contributed by atoms with van der Waals surface area (Å²) >= 11 is 0. The molecule has 0 aromatic heterocycles. The van der Waals surface area contributed by atoms with Gasteiger partial charge in [-0.2, -0.15) is 0 Å². The molecule has 0 aliphatic carbocycles. The molecule has 0 aliphatic rings. The number of methoxy groups -OCH3 is 1. The molecule has 0 bridgehead atoms. The maximum atomic E-state index is 11.9. The summed E-state index contributed by atoms with van der Waals surface area (Å²) in [7, 11) is 1.52. The van der Waals surface area contributed by atoms with Crippen molar-refractivity contribution in [2.24, 2.45) is 0 Å². The van der Waals surface area contributed by atoms with Crippen LogP contribution in [0.15, 0.2) is 60.9 Å². The number of aliphatic carboxylic acids is 1. The maximum absolute atomic E-state index is 11.9. The monoisotopic (exact) mass is 343 g/mol. The Kier molecular flexibility index (Phi) is 7.72. The zero-order valence-corrected chi connectivity index (χ0v) is 14.2. The molecule has 0 unspecified atom stereocenters. The van der Waals surface area contributed by atoms with Crippen molar-refractivity contribution in [3.63, 3.8) is 0 Å². The molecule has 0 spiro atoms. The number of hydrogen-bond donors (Lipinski definition) is 2. The Bertz CT molecular complexity index is 731. The van der Waals surface area contributed by atoms with Gasteiger partial charge in [0, 0.05) is 11.8 Å². The summed E-state index contributed by atoms with van der Waals surface area (Å²) in [6.07, 6.45) is 5.83. The van der Waals surface area contributed by atoms with Gasteiger partial charge < -0.3 is 19.9 Å². The lowest BCUT2D eigenvalue weighted by Gasteiger charge is -2.10. The van der Waals surface area contributed by atoms with E-state index < -0.39 is 11.9 Å². The first kappa shape index (κ1) is 19.8. The first-order chi connectivity index (χ1) is 11.9. The fourth-order valence-electron chi connectivity index (χ4n) is 1.91. The Labute approximate surface area is 146 Å². The summed E-state index contributed by atoms with van der Waals surface area (Å²) in [5.41, 5.74) is 0.676. The number of ether oxygens (including phenoxy) is 2. The minimum Gasteiger partial charge on any atom is -0.493 e. The Morgan fingerprint density at radius 2 is 2.04 bits per heavy atom. The molecule has 1 aromatic rings. The van der Waals surface area contributed by atoms with Gasteiger partial charge in [-0.1, -0.05) is 31.4 Å². The Morgan fingerprint density at radius 3 is 2.60 bits per heavy atom. The number of rotatable bonds is 9. The van der Waals surface area contributed by atoms with Crippen LogP contribution >= 0.6 is 0 Å². The molecule has 0 atom stereocenters. The van der Waals surface area contributed by atoms with Gasteiger partial charge in [-0.15, -0.1) is 0 Å². The van der Waals surface area contributed by atoms with Gasteiger partial charge in [-0.3, -0.25) is 4.79 Å². The molecule has 132 valence electrons. The number of amides is 1. The van der Waals surface area contributed by atoms with E-state index in [-0.39, 0.29) is 11.3 Å². The van der Waals surface area contributed by atoms with E-state index in [2.05, 4.69) is 18.5 Å². The lowest BCUT2D eigenvalue weighted by Crippen LogP contribution is -2.23. The molecule has 0 saturated carbocycles. The third-order valence-electron chi connectivity index (χ3n) is 3.09. The smallest absolute Gasteiger partial charge is 0.337 e. The standard InChI is InChI=1S/C19H21NO5/c1-5-11-25-16-9-7-14(12-17(16)24-4)8-10-18(21)20-13(3)15(6-2)19(22)23/h5-10,12H,1,3,11H2,2,4H3,(H,20,21)(H,22,23)/b10-8+,15-6+. The van der Waals surface area contributed by atoms with Crippen LogP contribution in [0.4, 0.5) is 0 Å². The van der Waals surface area contributed by atoms with Crippen LogP contribution in [0.25, 0.3) is 6.08 Å². The molecule has 25 heavy (non-hydrogen) atoms. The van der Waals surface area contributed by atoms with Crippen molar-refractivity contribution >= 4 is 18.0 Å². The average molecular weight is 343 g/mol. The van der Waals surface area contributed by atoms with Crippen LogP contribution in [-0.2, 0) is 9.59 Å². The summed E-state index contributed by atoms with van der Waals surface area (Å²) in [4.78, 5) is 22.9. The fraction of sp³-hybridized carbons (Fsp3) is 0.158. The van der Waals surface area contributed by atoms with Crippen LogP contribution in [0.2, 0.25) is 0 Å². The van der Waals surface area contributed by atoms with E-state index in [0.29, 0.717) is 23.7 Å². The highest BCUT2D eigenvalue weighted by Crippen LogP contribution is 2.28. The summed E-state index contributed by atoms with van der Waals surface area (Å²) in [6, 6.07) is 5.20. The number of benzene rings is 1. The van der Waals surface area contributed by atoms with Crippen LogP contribution < -0.4 is 14.8 Å². The molecule has 0 saturated heterocycles. The number of allylic oxidation sites excluding steroid dienone is 1. The Morgan fingerprint density at radius 1 is 1.32 bits per heavy atom. The van der Waals surface area contributed by atoms with Gasteiger partial charge in [-0.05, 0) is 30.7 Å². The minimum absolute atomic E-state index is 0.0235. The normalized spacial score (nSPS) is 11.0. The summed E-state index contributed by atoms with van der Waals surface area (Å²) in [5.74, 6) is -0.555. The van der Waals surface area contributed by atoms with Crippen molar-refractivity contribution in [3.8, 4) is 11.5 Å². The number of hydrogen-bond acceptors (Lipinski definition) is 4. The van der Waals surface area contributed by atoms with Gasteiger partial charge >= 0.3 is 5.97 Å². The first-order valence-electron chi connectivity index (χ1n) is 7.42. The van der Waals surface area contributed by atoms with E-state index in [0.717, 1.165) is 0 Å². The zero-order valence-electron chi connectivity index (χ0n) is 14.2. The predicted octanol–water partition coefficient (Wildman–Crippen LogP) is 2.93. The lowest BCUT2D eigenvalue weighted by atomic mass is 10.1. The van der Waals surface area contributed by atoms with Crippen molar-refractivity contribution in [2.45, 2.75) is 6.92 Å². The Hall–Kier alpha value is -3.28. The van der Waals surface area contributed by atoms with Crippen LogP contribution in [0.5, 0.6) is 11.5 Å². The van der Waals surface area contributed by atoms with Gasteiger partial charge in [0.15, 0.2) is 11.5 Å². The molecule has 1 amide bonds. The van der Waals surface area contributed by atoms with Crippen LogP contribution in [-0.4, -0.2) is 30.7 Å². The number of carboxylic acid groups (broad SMARTS) is 1. The molecule has 1 aromatic carbocycles. The SMILES string of the molecule is C=CCOc1ccc(/C=C/C(=O)NC(=C)/C(=C\C)C(=O)O)cc1OC. The fourth-order valence-corrected chi connectivity index (χ4v) is 1.91. The zero-order chi connectivity index (χ0) is 18.8. The van der Waals surface area contributed by atoms with Gasteiger partial charge in [0.2, 0.25) is 5.91 Å². The minimum atomic E-state index is -1.16. The van der Waals surface area contributed by atoms with E-state index >= 15 is 0 Å². The molecular weight excluding hydrogens is 322 g/mol. The number of carboxylic acids is 1. The largest absolute Gasteiger partial charge is 0.493 e. The second-order valence-electron chi connectivity index (χ2n) is 4.82. The van der Waals surface area contributed by atoms with Crippen molar-refractivity contribution in [2.75, 3.05) is 13.7 Å². The molecule has 6 heteroatoms. The molecular formula is C19H21NO5. The molecule has 1 rings (SSSR count). The van der Waals surface area contributed by atoms with Gasteiger partial charge in [0.25, 0.3) is 0 Å². The average Bonchev–Trinajstić information content (AvgIpc) is 2.58. The van der Waals surface area contributed by atoms with E-state index in [9.17, 15) is 9.59 Å². The Balaban J connectivity index is 2.80. The van der Waals surface area contributed by atoms with Gasteiger partial charge in [0.1, 0.15) is 6.61 Å². The van der Waals surface area contributed by atoms with Gasteiger partial charge in [-0.25, -0.2) is 4.79 Å². The molecule has 0 fully saturated rings. The highest BCUT2D eigenvalue weighted by atomic mass is 16.5. The predicted molar refractivity (Wildman–Crippen MR) is 96.4 cm³/mol. The second-order valence-corrected chi connectivity index (χ2v) is 4.82. The van der Waals surface area contributed by atoms with Crippen LogP contribution in [0.1, 0.15) is 12.5 Å². The lowest BCUT2D eigenvalue weighted by molar-refractivity contribution is -0.132. The summed E-state index contributed by atoms with van der Waals surface area (Å²) in [5, 5.41) is 11.4. The number of carbonyl (C=O) groups is 2. The third kappa shape index (κ3) is 6.02.